The van der Waals surface area contributed by atoms with E-state index in [9.17, 15) is 13.2 Å². The fourth-order valence-corrected chi connectivity index (χ4v) is 2.73. The normalized spacial score (nSPS) is 13.2. The first-order valence-electron chi connectivity index (χ1n) is 7.09. The zero-order chi connectivity index (χ0) is 18.2. The molecule has 0 saturated carbocycles. The van der Waals surface area contributed by atoms with Crippen molar-refractivity contribution in [3.8, 4) is 11.5 Å². The molecule has 0 aliphatic heterocycles. The lowest BCUT2D eigenvalue weighted by atomic mass is 10.2. The molecule has 0 radical (unpaired) electrons. The maximum Gasteiger partial charge on any atom is 0.451 e. The quantitative estimate of drug-likeness (QED) is 0.682. The number of alkyl halides is 3. The van der Waals surface area contributed by atoms with E-state index in [4.69, 9.17) is 16.1 Å². The molecule has 2 aromatic heterocycles. The van der Waals surface area contributed by atoms with E-state index in [0.717, 1.165) is 4.57 Å². The number of hydrogen-bond donors (Lipinski definition) is 1. The zero-order valence-corrected chi connectivity index (χ0v) is 14.3. The van der Waals surface area contributed by atoms with E-state index in [-0.39, 0.29) is 24.1 Å². The molecule has 0 aliphatic rings. The van der Waals surface area contributed by atoms with Crippen LogP contribution in [0.5, 0.6) is 0 Å². The third-order valence-corrected chi connectivity index (χ3v) is 4.05. The van der Waals surface area contributed by atoms with E-state index in [1.54, 1.807) is 31.2 Å². The summed E-state index contributed by atoms with van der Waals surface area (Å²) in [5.74, 6) is -0.858. The summed E-state index contributed by atoms with van der Waals surface area (Å²) in [7, 11) is 0. The third kappa shape index (κ3) is 3.49. The highest BCUT2D eigenvalue weighted by molar-refractivity contribution is 7.80. The van der Waals surface area contributed by atoms with E-state index in [1.807, 2.05) is 0 Å². The van der Waals surface area contributed by atoms with Gasteiger partial charge in [0.1, 0.15) is 5.25 Å². The van der Waals surface area contributed by atoms with Gasteiger partial charge in [0.25, 0.3) is 5.89 Å². The molecule has 25 heavy (non-hydrogen) atoms. The van der Waals surface area contributed by atoms with Gasteiger partial charge in [-0.3, -0.25) is 0 Å². The summed E-state index contributed by atoms with van der Waals surface area (Å²) in [4.78, 5) is 4.17. The van der Waals surface area contributed by atoms with Gasteiger partial charge in [-0.2, -0.15) is 30.8 Å². The third-order valence-electron chi connectivity index (χ3n) is 3.35. The van der Waals surface area contributed by atoms with Crippen LogP contribution in [0, 0.1) is 0 Å². The molecule has 0 fully saturated rings. The van der Waals surface area contributed by atoms with Gasteiger partial charge in [-0.05, 0) is 25.1 Å². The van der Waals surface area contributed by atoms with Crippen LogP contribution in [0.3, 0.4) is 0 Å². The molecule has 0 bridgehead atoms. The summed E-state index contributed by atoms with van der Waals surface area (Å²) < 4.78 is 45.0. The maximum absolute atomic E-state index is 13.0. The van der Waals surface area contributed by atoms with Gasteiger partial charge in [0, 0.05) is 17.1 Å². The number of aromatic nitrogens is 5. The first kappa shape index (κ1) is 17.7. The van der Waals surface area contributed by atoms with E-state index in [0.29, 0.717) is 10.6 Å². The Kier molecular flexibility index (Phi) is 4.74. The summed E-state index contributed by atoms with van der Waals surface area (Å²) in [6, 6.07) is 6.74. The molecule has 0 N–H and O–H groups in total. The van der Waals surface area contributed by atoms with Crippen LogP contribution in [0.25, 0.3) is 11.5 Å². The van der Waals surface area contributed by atoms with Crippen molar-refractivity contribution in [1.82, 2.24) is 24.9 Å². The van der Waals surface area contributed by atoms with Crippen molar-refractivity contribution in [1.29, 1.82) is 0 Å². The molecule has 0 aliphatic carbocycles. The standard InChI is InChI=1S/C14H11ClF3N5OS/c1-2-23-11(20-21-13(23)14(16,17)18)9(25)10-19-12(24-22-10)7-4-3-5-8(15)6-7/h3-6,9,25H,2H2,1H3. The number of rotatable bonds is 4. The molecule has 3 aromatic rings. The van der Waals surface area contributed by atoms with E-state index < -0.39 is 17.3 Å². The highest BCUT2D eigenvalue weighted by Crippen LogP contribution is 2.33. The predicted molar refractivity (Wildman–Crippen MR) is 86.3 cm³/mol. The topological polar surface area (TPSA) is 69.6 Å². The van der Waals surface area contributed by atoms with Gasteiger partial charge in [-0.1, -0.05) is 22.8 Å². The van der Waals surface area contributed by atoms with Crippen molar-refractivity contribution in [3.05, 3.63) is 46.8 Å². The molecule has 132 valence electrons. The monoisotopic (exact) mass is 389 g/mol. The fraction of sp³-hybridized carbons (Fsp3) is 0.286. The van der Waals surface area contributed by atoms with Crippen LogP contribution < -0.4 is 0 Å². The molecule has 3 rings (SSSR count). The van der Waals surface area contributed by atoms with Gasteiger partial charge in [0.15, 0.2) is 11.6 Å². The zero-order valence-electron chi connectivity index (χ0n) is 12.7. The number of halogens is 4. The molecule has 2 heterocycles. The summed E-state index contributed by atoms with van der Waals surface area (Å²) in [6.45, 7) is 1.57. The number of hydrogen-bond acceptors (Lipinski definition) is 6. The summed E-state index contributed by atoms with van der Waals surface area (Å²) in [5.41, 5.74) is 0.583. The Labute approximate surface area is 150 Å². The lowest BCUT2D eigenvalue weighted by Crippen LogP contribution is -2.16. The van der Waals surface area contributed by atoms with Crippen molar-refractivity contribution in [2.24, 2.45) is 0 Å². The smallest absolute Gasteiger partial charge is 0.334 e. The Morgan fingerprint density at radius 3 is 2.72 bits per heavy atom. The van der Waals surface area contributed by atoms with Crippen LogP contribution in [0.1, 0.15) is 29.6 Å². The van der Waals surface area contributed by atoms with Crippen molar-refractivity contribution in [2.45, 2.75) is 24.9 Å². The Morgan fingerprint density at radius 1 is 1.32 bits per heavy atom. The van der Waals surface area contributed by atoms with Crippen LogP contribution in [-0.2, 0) is 12.7 Å². The molecule has 1 atom stereocenters. The number of benzene rings is 1. The molecule has 1 unspecified atom stereocenters. The van der Waals surface area contributed by atoms with Crippen molar-refractivity contribution >= 4 is 24.2 Å². The number of nitrogens with zero attached hydrogens (tertiary/aromatic N) is 5. The fourth-order valence-electron chi connectivity index (χ4n) is 2.24. The van der Waals surface area contributed by atoms with E-state index >= 15 is 0 Å². The van der Waals surface area contributed by atoms with Gasteiger partial charge in [0.05, 0.1) is 0 Å². The lowest BCUT2D eigenvalue weighted by molar-refractivity contribution is -0.147. The average molecular weight is 390 g/mol. The molecule has 0 amide bonds. The maximum atomic E-state index is 13.0. The predicted octanol–water partition coefficient (Wildman–Crippen LogP) is 4.04. The molecule has 0 saturated heterocycles. The van der Waals surface area contributed by atoms with Gasteiger partial charge < -0.3 is 9.09 Å². The van der Waals surface area contributed by atoms with Crippen molar-refractivity contribution < 1.29 is 17.7 Å². The first-order chi connectivity index (χ1) is 11.8. The van der Waals surface area contributed by atoms with Gasteiger partial charge in [-0.25, -0.2) is 0 Å². The Morgan fingerprint density at radius 2 is 2.08 bits per heavy atom. The minimum atomic E-state index is -4.61. The van der Waals surface area contributed by atoms with Crippen molar-refractivity contribution in [3.63, 3.8) is 0 Å². The summed E-state index contributed by atoms with van der Waals surface area (Å²) in [6.07, 6.45) is -4.61. The van der Waals surface area contributed by atoms with Crippen LogP contribution >= 0.6 is 24.2 Å². The molecule has 6 nitrogen and oxygen atoms in total. The molecule has 1 aromatic carbocycles. The Hall–Kier alpha value is -2.07. The average Bonchev–Trinajstić information content (AvgIpc) is 3.20. The summed E-state index contributed by atoms with van der Waals surface area (Å²) in [5, 5.41) is 10.1. The largest absolute Gasteiger partial charge is 0.451 e. The van der Waals surface area contributed by atoms with Crippen molar-refractivity contribution in [2.75, 3.05) is 0 Å². The van der Waals surface area contributed by atoms with Gasteiger partial charge >= 0.3 is 6.18 Å². The highest BCUT2D eigenvalue weighted by Gasteiger charge is 2.39. The van der Waals surface area contributed by atoms with Gasteiger partial charge in [-0.15, -0.1) is 10.2 Å². The molecule has 0 spiro atoms. The lowest BCUT2D eigenvalue weighted by Gasteiger charge is -2.11. The highest BCUT2D eigenvalue weighted by atomic mass is 35.5. The Bertz CT molecular complexity index is 895. The van der Waals surface area contributed by atoms with E-state index in [2.05, 4.69) is 33.0 Å². The first-order valence-corrected chi connectivity index (χ1v) is 7.98. The molecular weight excluding hydrogens is 379 g/mol. The summed E-state index contributed by atoms with van der Waals surface area (Å²) >= 11 is 10.2. The second kappa shape index (κ2) is 6.68. The van der Waals surface area contributed by atoms with Crippen LogP contribution in [-0.4, -0.2) is 24.9 Å². The van der Waals surface area contributed by atoms with Crippen LogP contribution in [0.15, 0.2) is 28.8 Å². The minimum Gasteiger partial charge on any atom is -0.334 e. The SMILES string of the molecule is CCn1c(C(S)c2noc(-c3cccc(Cl)c3)n2)nnc1C(F)(F)F. The molecular formula is C14H11ClF3N5OS. The second-order valence-electron chi connectivity index (χ2n) is 4.99. The van der Waals surface area contributed by atoms with Gasteiger partial charge in [0.2, 0.25) is 5.82 Å². The van der Waals surface area contributed by atoms with Crippen LogP contribution in [0.2, 0.25) is 5.02 Å². The molecule has 11 heteroatoms. The van der Waals surface area contributed by atoms with Crippen LogP contribution in [0.4, 0.5) is 13.2 Å². The van der Waals surface area contributed by atoms with E-state index in [1.165, 1.54) is 0 Å². The Balaban J connectivity index is 1.95. The second-order valence-corrected chi connectivity index (χ2v) is 5.95. The number of thiol groups is 1. The minimum absolute atomic E-state index is 0.0170.